The van der Waals surface area contributed by atoms with E-state index in [0.29, 0.717) is 54.6 Å². The number of allylic oxidation sites excluding steroid dienone is 4. The first-order chi connectivity index (χ1) is 14.8. The number of fused-ring (bicyclic) bond motifs is 5. The van der Waals surface area contributed by atoms with Crippen LogP contribution in [0, 0.1) is 40.4 Å². The predicted molar refractivity (Wildman–Crippen MR) is 126 cm³/mol. The van der Waals surface area contributed by atoms with E-state index in [1.165, 1.54) is 6.08 Å². The van der Waals surface area contributed by atoms with Gasteiger partial charge in [-0.1, -0.05) is 53.7 Å². The highest BCUT2D eigenvalue weighted by atomic mass is 16.3. The van der Waals surface area contributed by atoms with Crippen molar-refractivity contribution in [2.24, 2.45) is 40.4 Å². The first-order valence-corrected chi connectivity index (χ1v) is 12.5. The van der Waals surface area contributed by atoms with Crippen LogP contribution in [0.4, 0.5) is 0 Å². The third-order valence-corrected chi connectivity index (χ3v) is 9.92. The molecule has 0 aliphatic heterocycles. The molecule has 4 aliphatic carbocycles. The van der Waals surface area contributed by atoms with Crippen LogP contribution in [-0.2, 0) is 9.59 Å². The minimum absolute atomic E-state index is 0.0378. The molecule has 2 saturated carbocycles. The minimum Gasteiger partial charge on any atom is -0.392 e. The van der Waals surface area contributed by atoms with Crippen LogP contribution in [0.25, 0.3) is 0 Å². The third kappa shape index (κ3) is 3.24. The lowest BCUT2D eigenvalue weighted by atomic mass is 9.47. The highest BCUT2D eigenvalue weighted by Gasteiger charge is 2.66. The molecule has 2 fully saturated rings. The molecule has 0 aromatic heterocycles. The van der Waals surface area contributed by atoms with Crippen molar-refractivity contribution >= 4 is 11.6 Å². The van der Waals surface area contributed by atoms with Crippen LogP contribution in [-0.4, -0.2) is 33.5 Å². The average Bonchev–Trinajstić information content (AvgIpc) is 3.00. The van der Waals surface area contributed by atoms with Crippen molar-refractivity contribution in [1.29, 1.82) is 0 Å². The molecule has 0 aromatic rings. The number of carbonyl (C=O) groups is 2. The summed E-state index contributed by atoms with van der Waals surface area (Å²) in [7, 11) is 0. The molecule has 0 bridgehead atoms. The number of hydrogen-bond acceptors (Lipinski definition) is 4. The Labute approximate surface area is 192 Å². The summed E-state index contributed by atoms with van der Waals surface area (Å²) in [5.41, 5.74) is -0.957. The van der Waals surface area contributed by atoms with E-state index in [9.17, 15) is 19.8 Å². The molecule has 0 unspecified atom stereocenters. The Kier molecular flexibility index (Phi) is 5.74. The van der Waals surface area contributed by atoms with Crippen molar-refractivity contribution in [1.82, 2.24) is 0 Å². The maximum atomic E-state index is 13.1. The molecule has 4 rings (SSSR count). The van der Waals surface area contributed by atoms with Crippen LogP contribution in [0.5, 0.6) is 0 Å². The van der Waals surface area contributed by atoms with Crippen molar-refractivity contribution in [2.75, 3.05) is 0 Å². The summed E-state index contributed by atoms with van der Waals surface area (Å²) in [4.78, 5) is 25.2. The molecule has 2 N–H and O–H groups in total. The summed E-state index contributed by atoms with van der Waals surface area (Å²) < 4.78 is 0. The van der Waals surface area contributed by atoms with E-state index in [0.717, 1.165) is 6.42 Å². The van der Waals surface area contributed by atoms with E-state index in [2.05, 4.69) is 46.8 Å². The zero-order chi connectivity index (χ0) is 23.6. The standard InChI is InChI=1S/C28H40O4/c1-16(2)17(3)7-8-18(4)20-14-24(31)25-22-15-23(30)21-13-19(29)9-10-27(21,6)28(22,32)12-11-26(20,25)5/h7-8,13,15-18,20,24-25,31-32H,9-12,14H2,1-6H3/t17-,18+,20+,24-,25+,26+,27-,28+/m0/s1. The van der Waals surface area contributed by atoms with Gasteiger partial charge in [0.1, 0.15) is 0 Å². The van der Waals surface area contributed by atoms with Gasteiger partial charge in [0.05, 0.1) is 11.7 Å². The lowest BCUT2D eigenvalue weighted by Gasteiger charge is -2.59. The summed E-state index contributed by atoms with van der Waals surface area (Å²) in [5, 5.41) is 23.4. The van der Waals surface area contributed by atoms with Gasteiger partial charge in [0.15, 0.2) is 11.6 Å². The lowest BCUT2D eigenvalue weighted by molar-refractivity contribution is -0.131. The van der Waals surface area contributed by atoms with E-state index in [1.54, 1.807) is 6.08 Å². The van der Waals surface area contributed by atoms with Crippen molar-refractivity contribution in [2.45, 2.75) is 85.4 Å². The molecular formula is C28H40O4. The number of carbonyl (C=O) groups excluding carboxylic acids is 2. The van der Waals surface area contributed by atoms with Crippen LogP contribution in [0.2, 0.25) is 0 Å². The van der Waals surface area contributed by atoms with Gasteiger partial charge < -0.3 is 10.2 Å². The van der Waals surface area contributed by atoms with E-state index >= 15 is 0 Å². The summed E-state index contributed by atoms with van der Waals surface area (Å²) in [6, 6.07) is 0. The molecule has 0 aromatic carbocycles. The zero-order valence-corrected chi connectivity index (χ0v) is 20.5. The van der Waals surface area contributed by atoms with Crippen molar-refractivity contribution in [3.8, 4) is 0 Å². The molecule has 0 heterocycles. The number of aliphatic hydroxyl groups is 2. The largest absolute Gasteiger partial charge is 0.392 e. The molecule has 4 aliphatic rings. The third-order valence-electron chi connectivity index (χ3n) is 9.92. The molecule has 0 spiro atoms. The second-order valence-electron chi connectivity index (χ2n) is 11.9. The van der Waals surface area contributed by atoms with Gasteiger partial charge >= 0.3 is 0 Å². The molecule has 4 heteroatoms. The Bertz CT molecular complexity index is 910. The van der Waals surface area contributed by atoms with E-state index in [4.69, 9.17) is 0 Å². The van der Waals surface area contributed by atoms with Gasteiger partial charge in [0.2, 0.25) is 0 Å². The molecule has 0 amide bonds. The molecule has 0 saturated heterocycles. The Balaban J connectivity index is 1.72. The maximum absolute atomic E-state index is 13.1. The SMILES string of the molecule is CC(C)[C@@H](C)C=C[C@@H](C)[C@H]1C[C@H](O)[C@H]2C3=CC(=O)C4=CC(=O)CC[C@]4(C)[C@@]3(O)CC[C@]12C. The first kappa shape index (κ1) is 23.6. The second-order valence-corrected chi connectivity index (χ2v) is 11.9. The molecule has 0 radical (unpaired) electrons. The topological polar surface area (TPSA) is 74.6 Å². The Morgan fingerprint density at radius 2 is 1.72 bits per heavy atom. The summed E-state index contributed by atoms with van der Waals surface area (Å²) in [6.07, 6.45) is 9.94. The fraction of sp³-hybridized carbons (Fsp3) is 0.714. The highest BCUT2D eigenvalue weighted by molar-refractivity contribution is 6.12. The Hall–Kier alpha value is -1.52. The quantitative estimate of drug-likeness (QED) is 0.616. The smallest absolute Gasteiger partial charge is 0.182 e. The normalized spacial score (nSPS) is 43.5. The average molecular weight is 441 g/mol. The van der Waals surface area contributed by atoms with Crippen LogP contribution in [0.15, 0.2) is 35.5 Å². The van der Waals surface area contributed by atoms with Crippen molar-refractivity contribution in [3.63, 3.8) is 0 Å². The number of rotatable bonds is 4. The predicted octanol–water partition coefficient (Wildman–Crippen LogP) is 4.80. The Morgan fingerprint density at radius 3 is 2.38 bits per heavy atom. The van der Waals surface area contributed by atoms with E-state index in [-0.39, 0.29) is 28.8 Å². The monoisotopic (exact) mass is 440 g/mol. The highest BCUT2D eigenvalue weighted by Crippen LogP contribution is 2.67. The molecule has 176 valence electrons. The Morgan fingerprint density at radius 1 is 1.03 bits per heavy atom. The van der Waals surface area contributed by atoms with Crippen LogP contribution in [0.3, 0.4) is 0 Å². The van der Waals surface area contributed by atoms with Crippen LogP contribution in [0.1, 0.15) is 73.6 Å². The van der Waals surface area contributed by atoms with E-state index < -0.39 is 17.1 Å². The zero-order valence-electron chi connectivity index (χ0n) is 20.5. The molecule has 8 atom stereocenters. The summed E-state index contributed by atoms with van der Waals surface area (Å²) >= 11 is 0. The van der Waals surface area contributed by atoms with Gasteiger partial charge in [0.25, 0.3) is 0 Å². The fourth-order valence-electron chi connectivity index (χ4n) is 7.31. The van der Waals surface area contributed by atoms with Gasteiger partial charge in [-0.25, -0.2) is 0 Å². The van der Waals surface area contributed by atoms with Gasteiger partial charge in [0, 0.05) is 23.3 Å². The maximum Gasteiger partial charge on any atom is 0.182 e. The number of hydrogen-bond donors (Lipinski definition) is 2. The van der Waals surface area contributed by atoms with Crippen LogP contribution < -0.4 is 0 Å². The van der Waals surface area contributed by atoms with Gasteiger partial charge in [-0.15, -0.1) is 0 Å². The number of ketones is 2. The van der Waals surface area contributed by atoms with Gasteiger partial charge in [-0.05, 0) is 72.5 Å². The van der Waals surface area contributed by atoms with E-state index in [1.807, 2.05) is 6.92 Å². The molecule has 4 nitrogen and oxygen atoms in total. The van der Waals surface area contributed by atoms with Crippen molar-refractivity contribution in [3.05, 3.63) is 35.5 Å². The van der Waals surface area contributed by atoms with Crippen molar-refractivity contribution < 1.29 is 19.8 Å². The van der Waals surface area contributed by atoms with Gasteiger partial charge in [-0.2, -0.15) is 0 Å². The number of aliphatic hydroxyl groups excluding tert-OH is 1. The van der Waals surface area contributed by atoms with Crippen LogP contribution >= 0.6 is 0 Å². The summed E-state index contributed by atoms with van der Waals surface area (Å²) in [6.45, 7) is 13.1. The molecular weight excluding hydrogens is 400 g/mol. The lowest BCUT2D eigenvalue weighted by Crippen LogP contribution is -2.60. The second kappa shape index (κ2) is 7.77. The first-order valence-electron chi connectivity index (χ1n) is 12.5. The minimum atomic E-state index is -1.18. The molecule has 32 heavy (non-hydrogen) atoms. The summed E-state index contributed by atoms with van der Waals surface area (Å²) in [5.74, 6) is 1.25. The van der Waals surface area contributed by atoms with Gasteiger partial charge in [-0.3, -0.25) is 9.59 Å². The fourth-order valence-corrected chi connectivity index (χ4v) is 7.31.